The van der Waals surface area contributed by atoms with Gasteiger partial charge in [0.05, 0.1) is 6.61 Å². The molecule has 0 heterocycles. The Morgan fingerprint density at radius 3 is 2.35 bits per heavy atom. The molecule has 0 unspecified atom stereocenters. The van der Waals surface area contributed by atoms with E-state index in [-0.39, 0.29) is 19.4 Å². The third-order valence-electron chi connectivity index (χ3n) is 1.56. The Kier molecular flexibility index (Phi) is 6.46. The fourth-order valence-electron chi connectivity index (χ4n) is 0.993. The minimum Gasteiger partial charge on any atom is -0.461 e. The van der Waals surface area contributed by atoms with Crippen LogP contribution in [-0.4, -0.2) is 24.1 Å². The lowest BCUT2D eigenvalue weighted by Crippen LogP contribution is -2.23. The van der Waals surface area contributed by atoms with Crippen LogP contribution in [0.25, 0.3) is 0 Å². The van der Waals surface area contributed by atoms with Gasteiger partial charge in [0.15, 0.2) is 0 Å². The molecule has 0 saturated heterocycles. The lowest BCUT2D eigenvalue weighted by molar-refractivity contribution is -0.154. The van der Waals surface area contributed by atoms with Crippen LogP contribution >= 0.6 is 0 Å². The van der Waals surface area contributed by atoms with E-state index in [0.29, 0.717) is 0 Å². The maximum absolute atomic E-state index is 13.0. The van der Waals surface area contributed by atoms with E-state index in [9.17, 15) is 14.0 Å². The second-order valence-electron chi connectivity index (χ2n) is 4.40. The van der Waals surface area contributed by atoms with Gasteiger partial charge in [-0.1, -0.05) is 0 Å². The van der Waals surface area contributed by atoms with Crippen LogP contribution in [0.1, 0.15) is 40.5 Å². The Balaban J connectivity index is 4.01. The SMILES string of the molecule is CCOC(=O)/C(F)=C/CCC(=O)OC(C)(C)C. The smallest absolute Gasteiger partial charge is 0.366 e. The number of carbonyl (C=O) groups is 2. The van der Waals surface area contributed by atoms with E-state index in [1.807, 2.05) is 0 Å². The van der Waals surface area contributed by atoms with Gasteiger partial charge in [0, 0.05) is 6.42 Å². The van der Waals surface area contributed by atoms with Gasteiger partial charge in [-0.2, -0.15) is 4.39 Å². The van der Waals surface area contributed by atoms with Crippen molar-refractivity contribution in [3.63, 3.8) is 0 Å². The van der Waals surface area contributed by atoms with Crippen LogP contribution < -0.4 is 0 Å². The lowest BCUT2D eigenvalue weighted by Gasteiger charge is -2.19. The molecule has 0 spiro atoms. The number of esters is 2. The summed E-state index contributed by atoms with van der Waals surface area (Å²) < 4.78 is 22.5. The van der Waals surface area contributed by atoms with Crippen molar-refractivity contribution in [3.8, 4) is 0 Å². The standard InChI is InChI=1S/C12H19FO4/c1-5-16-11(15)9(13)7-6-8-10(14)17-12(2,3)4/h7H,5-6,8H2,1-4H3/b9-7-. The average molecular weight is 246 g/mol. The summed E-state index contributed by atoms with van der Waals surface area (Å²) in [6, 6.07) is 0. The quantitative estimate of drug-likeness (QED) is 0.552. The zero-order valence-corrected chi connectivity index (χ0v) is 10.7. The summed E-state index contributed by atoms with van der Waals surface area (Å²) >= 11 is 0. The number of hydrogen-bond donors (Lipinski definition) is 0. The topological polar surface area (TPSA) is 52.6 Å². The fraction of sp³-hybridized carbons (Fsp3) is 0.667. The van der Waals surface area contributed by atoms with E-state index in [1.165, 1.54) is 0 Å². The molecule has 0 rings (SSSR count). The van der Waals surface area contributed by atoms with Crippen molar-refractivity contribution < 1.29 is 23.5 Å². The van der Waals surface area contributed by atoms with Crippen LogP contribution in [0.3, 0.4) is 0 Å². The Hall–Kier alpha value is -1.39. The van der Waals surface area contributed by atoms with Gasteiger partial charge < -0.3 is 9.47 Å². The van der Waals surface area contributed by atoms with Crippen molar-refractivity contribution in [1.82, 2.24) is 0 Å². The summed E-state index contributed by atoms with van der Waals surface area (Å²) in [5.41, 5.74) is -0.555. The van der Waals surface area contributed by atoms with E-state index >= 15 is 0 Å². The Morgan fingerprint density at radius 2 is 1.88 bits per heavy atom. The van der Waals surface area contributed by atoms with Crippen LogP contribution in [0, 0.1) is 0 Å². The number of allylic oxidation sites excluding steroid dienone is 1. The maximum atomic E-state index is 13.0. The molecule has 0 atom stereocenters. The van der Waals surface area contributed by atoms with E-state index < -0.39 is 23.4 Å². The van der Waals surface area contributed by atoms with Crippen molar-refractivity contribution in [1.29, 1.82) is 0 Å². The van der Waals surface area contributed by atoms with Crippen LogP contribution in [-0.2, 0) is 19.1 Å². The molecule has 0 aromatic rings. The van der Waals surface area contributed by atoms with E-state index in [1.54, 1.807) is 27.7 Å². The van der Waals surface area contributed by atoms with Gasteiger partial charge in [-0.05, 0) is 40.2 Å². The van der Waals surface area contributed by atoms with E-state index in [4.69, 9.17) is 4.74 Å². The van der Waals surface area contributed by atoms with Crippen LogP contribution in [0.5, 0.6) is 0 Å². The minimum absolute atomic E-state index is 0.0318. The molecule has 0 aromatic carbocycles. The highest BCUT2D eigenvalue weighted by Gasteiger charge is 2.16. The first kappa shape index (κ1) is 15.6. The second-order valence-corrected chi connectivity index (χ2v) is 4.40. The predicted octanol–water partition coefficient (Wildman–Crippen LogP) is 2.52. The van der Waals surface area contributed by atoms with Crippen molar-refractivity contribution >= 4 is 11.9 Å². The van der Waals surface area contributed by atoms with Crippen LogP contribution in [0.15, 0.2) is 11.9 Å². The molecular formula is C12H19FO4. The van der Waals surface area contributed by atoms with Gasteiger partial charge >= 0.3 is 11.9 Å². The lowest BCUT2D eigenvalue weighted by atomic mass is 10.2. The monoisotopic (exact) mass is 246 g/mol. The minimum atomic E-state index is -1.00. The summed E-state index contributed by atoms with van der Waals surface area (Å²) in [7, 11) is 0. The van der Waals surface area contributed by atoms with Gasteiger partial charge in [0.2, 0.25) is 5.83 Å². The number of carbonyl (C=O) groups excluding carboxylic acids is 2. The first-order valence-electron chi connectivity index (χ1n) is 5.51. The van der Waals surface area contributed by atoms with Gasteiger partial charge in [0.1, 0.15) is 5.60 Å². The highest BCUT2D eigenvalue weighted by molar-refractivity contribution is 5.85. The molecular weight excluding hydrogens is 227 g/mol. The van der Waals surface area contributed by atoms with E-state index in [0.717, 1.165) is 6.08 Å². The zero-order valence-electron chi connectivity index (χ0n) is 10.7. The zero-order chi connectivity index (χ0) is 13.5. The molecule has 0 aromatic heterocycles. The fourth-order valence-corrected chi connectivity index (χ4v) is 0.993. The highest BCUT2D eigenvalue weighted by Crippen LogP contribution is 2.10. The second kappa shape index (κ2) is 7.04. The highest BCUT2D eigenvalue weighted by atomic mass is 19.1. The van der Waals surface area contributed by atoms with Gasteiger partial charge in [-0.25, -0.2) is 4.79 Å². The van der Waals surface area contributed by atoms with Crippen molar-refractivity contribution in [2.45, 2.75) is 46.1 Å². The van der Waals surface area contributed by atoms with E-state index in [2.05, 4.69) is 4.74 Å². The van der Waals surface area contributed by atoms with Gasteiger partial charge in [-0.3, -0.25) is 4.79 Å². The maximum Gasteiger partial charge on any atom is 0.366 e. The molecule has 4 nitrogen and oxygen atoms in total. The molecule has 0 aliphatic rings. The summed E-state index contributed by atoms with van der Waals surface area (Å²) in [5.74, 6) is -2.41. The summed E-state index contributed by atoms with van der Waals surface area (Å²) in [6.45, 7) is 6.96. The molecule has 0 radical (unpaired) electrons. The molecule has 0 bridgehead atoms. The largest absolute Gasteiger partial charge is 0.461 e. The van der Waals surface area contributed by atoms with Crippen molar-refractivity contribution in [2.75, 3.05) is 6.61 Å². The first-order valence-corrected chi connectivity index (χ1v) is 5.51. The Morgan fingerprint density at radius 1 is 1.29 bits per heavy atom. The molecule has 5 heteroatoms. The molecule has 0 aliphatic heterocycles. The number of halogens is 1. The average Bonchev–Trinajstić information content (AvgIpc) is 2.14. The molecule has 98 valence electrons. The number of ether oxygens (including phenoxy) is 2. The van der Waals surface area contributed by atoms with Crippen LogP contribution in [0.4, 0.5) is 4.39 Å². The van der Waals surface area contributed by atoms with Crippen LogP contribution in [0.2, 0.25) is 0 Å². The summed E-state index contributed by atoms with van der Waals surface area (Å²) in [4.78, 5) is 22.1. The third kappa shape index (κ3) is 8.42. The molecule has 0 aliphatic carbocycles. The predicted molar refractivity (Wildman–Crippen MR) is 60.9 cm³/mol. The first-order chi connectivity index (χ1) is 7.76. The summed E-state index contributed by atoms with van der Waals surface area (Å²) in [5, 5.41) is 0. The Bertz CT molecular complexity index is 302. The van der Waals surface area contributed by atoms with Gasteiger partial charge in [0.25, 0.3) is 0 Å². The molecule has 0 fully saturated rings. The third-order valence-corrected chi connectivity index (χ3v) is 1.56. The molecule has 0 amide bonds. The Labute approximate surface area is 101 Å². The number of hydrogen-bond acceptors (Lipinski definition) is 4. The molecule has 17 heavy (non-hydrogen) atoms. The molecule has 0 saturated carbocycles. The number of rotatable bonds is 5. The molecule has 0 N–H and O–H groups in total. The van der Waals surface area contributed by atoms with Crippen molar-refractivity contribution in [3.05, 3.63) is 11.9 Å². The normalized spacial score (nSPS) is 12.2. The summed E-state index contributed by atoms with van der Waals surface area (Å²) in [6.07, 6.45) is 1.17. The van der Waals surface area contributed by atoms with Gasteiger partial charge in [-0.15, -0.1) is 0 Å². The van der Waals surface area contributed by atoms with Crippen molar-refractivity contribution in [2.24, 2.45) is 0 Å².